The topological polar surface area (TPSA) is 38.3 Å². The van der Waals surface area contributed by atoms with Gasteiger partial charge in [-0.3, -0.25) is 0 Å². The Morgan fingerprint density at radius 1 is 1.23 bits per heavy atom. The number of benzene rings is 2. The van der Waals surface area contributed by atoms with E-state index in [0.29, 0.717) is 11.6 Å². The van der Waals surface area contributed by atoms with Crippen LogP contribution in [0.4, 0.5) is 4.79 Å². The van der Waals surface area contributed by atoms with Crippen molar-refractivity contribution in [1.29, 1.82) is 0 Å². The van der Waals surface area contributed by atoms with Crippen LogP contribution in [-0.2, 0) is 11.3 Å². The van der Waals surface area contributed by atoms with Gasteiger partial charge in [0, 0.05) is 11.6 Å². The number of hydrogen-bond donors (Lipinski definition) is 1. The smallest absolute Gasteiger partial charge is 0.407 e. The first-order valence-corrected chi connectivity index (χ1v) is 7.39. The highest BCUT2D eigenvalue weighted by atomic mass is 35.5. The molecule has 1 amide bonds. The van der Waals surface area contributed by atoms with Crippen LogP contribution in [0.25, 0.3) is 6.08 Å². The molecule has 0 spiro atoms. The molecule has 0 unspecified atom stereocenters. The van der Waals surface area contributed by atoms with Gasteiger partial charge < -0.3 is 10.1 Å². The molecule has 114 valence electrons. The summed E-state index contributed by atoms with van der Waals surface area (Å²) in [4.78, 5) is 11.5. The van der Waals surface area contributed by atoms with Gasteiger partial charge in [-0.15, -0.1) is 0 Å². The second-order valence-electron chi connectivity index (χ2n) is 4.91. The molecule has 0 radical (unpaired) electrons. The van der Waals surface area contributed by atoms with E-state index in [4.69, 9.17) is 16.3 Å². The van der Waals surface area contributed by atoms with Gasteiger partial charge in [-0.2, -0.15) is 0 Å². The summed E-state index contributed by atoms with van der Waals surface area (Å²) < 4.78 is 5.11. The molecule has 0 aliphatic heterocycles. The standard InChI is InChI=1S/C18H18ClNO2/c1-14-10-16(12-17(19)11-14)8-5-9-20-18(21)22-13-15-6-3-2-4-7-15/h2-8,10-12H,9,13H2,1H3,(H,20,21). The average molecular weight is 316 g/mol. The van der Waals surface area contributed by atoms with E-state index in [1.165, 1.54) is 0 Å². The van der Waals surface area contributed by atoms with Gasteiger partial charge in [-0.25, -0.2) is 4.79 Å². The summed E-state index contributed by atoms with van der Waals surface area (Å²) in [6.07, 6.45) is 3.33. The molecular weight excluding hydrogens is 298 g/mol. The fourth-order valence-corrected chi connectivity index (χ4v) is 2.27. The lowest BCUT2D eigenvalue weighted by Crippen LogP contribution is -2.24. The Morgan fingerprint density at radius 2 is 2.00 bits per heavy atom. The van der Waals surface area contributed by atoms with Crippen molar-refractivity contribution in [2.45, 2.75) is 13.5 Å². The summed E-state index contributed by atoms with van der Waals surface area (Å²) in [5.41, 5.74) is 3.06. The minimum absolute atomic E-state index is 0.268. The van der Waals surface area contributed by atoms with E-state index in [2.05, 4.69) is 5.32 Å². The van der Waals surface area contributed by atoms with Crippen molar-refractivity contribution < 1.29 is 9.53 Å². The number of amides is 1. The van der Waals surface area contributed by atoms with Crippen LogP contribution >= 0.6 is 11.6 Å². The molecule has 3 nitrogen and oxygen atoms in total. The van der Waals surface area contributed by atoms with Crippen molar-refractivity contribution in [3.8, 4) is 0 Å². The number of halogens is 1. The number of aryl methyl sites for hydroxylation is 1. The zero-order valence-corrected chi connectivity index (χ0v) is 13.1. The number of carbonyl (C=O) groups excluding carboxylic acids is 1. The van der Waals surface area contributed by atoms with Crippen LogP contribution in [0.2, 0.25) is 5.02 Å². The number of hydrogen-bond acceptors (Lipinski definition) is 2. The summed E-state index contributed by atoms with van der Waals surface area (Å²) in [7, 11) is 0. The minimum Gasteiger partial charge on any atom is -0.445 e. The molecule has 0 atom stereocenters. The first-order chi connectivity index (χ1) is 10.6. The molecule has 2 rings (SSSR count). The summed E-state index contributed by atoms with van der Waals surface area (Å²) in [5, 5.41) is 3.38. The lowest BCUT2D eigenvalue weighted by molar-refractivity contribution is 0.141. The number of carbonyl (C=O) groups is 1. The van der Waals surface area contributed by atoms with E-state index >= 15 is 0 Å². The van der Waals surface area contributed by atoms with Crippen LogP contribution in [-0.4, -0.2) is 12.6 Å². The van der Waals surface area contributed by atoms with Crippen molar-refractivity contribution >= 4 is 23.8 Å². The maximum absolute atomic E-state index is 11.5. The van der Waals surface area contributed by atoms with Gasteiger partial charge in [0.2, 0.25) is 0 Å². The van der Waals surface area contributed by atoms with Crippen molar-refractivity contribution in [1.82, 2.24) is 5.32 Å². The Balaban J connectivity index is 1.73. The first kappa shape index (κ1) is 16.1. The second kappa shape index (κ2) is 8.25. The molecule has 0 saturated carbocycles. The quantitative estimate of drug-likeness (QED) is 0.876. The van der Waals surface area contributed by atoms with Crippen molar-refractivity contribution in [3.63, 3.8) is 0 Å². The Bertz CT molecular complexity index is 633. The van der Waals surface area contributed by atoms with E-state index < -0.39 is 6.09 Å². The molecule has 2 aromatic carbocycles. The third kappa shape index (κ3) is 5.62. The fraction of sp³-hybridized carbons (Fsp3) is 0.167. The molecule has 0 bridgehead atoms. The van der Waals surface area contributed by atoms with Gasteiger partial charge in [0.1, 0.15) is 6.61 Å². The van der Waals surface area contributed by atoms with Crippen LogP contribution in [0.5, 0.6) is 0 Å². The molecule has 0 fully saturated rings. The number of nitrogens with one attached hydrogen (secondary N) is 1. The molecule has 0 heterocycles. The molecule has 22 heavy (non-hydrogen) atoms. The predicted molar refractivity (Wildman–Crippen MR) is 89.9 cm³/mol. The average Bonchev–Trinajstić information content (AvgIpc) is 2.50. The van der Waals surface area contributed by atoms with E-state index in [1.54, 1.807) is 0 Å². The molecule has 0 aliphatic rings. The van der Waals surface area contributed by atoms with E-state index in [-0.39, 0.29) is 6.61 Å². The van der Waals surface area contributed by atoms with Gasteiger partial charge in [0.05, 0.1) is 0 Å². The molecule has 2 aromatic rings. The van der Waals surface area contributed by atoms with Crippen LogP contribution in [0.15, 0.2) is 54.6 Å². The van der Waals surface area contributed by atoms with E-state index in [9.17, 15) is 4.79 Å². The lowest BCUT2D eigenvalue weighted by Gasteiger charge is -2.05. The van der Waals surface area contributed by atoms with Crippen molar-refractivity contribution in [2.24, 2.45) is 0 Å². The zero-order chi connectivity index (χ0) is 15.8. The highest BCUT2D eigenvalue weighted by molar-refractivity contribution is 6.30. The fourth-order valence-electron chi connectivity index (χ4n) is 1.97. The van der Waals surface area contributed by atoms with E-state index in [0.717, 1.165) is 16.7 Å². The Kier molecular flexibility index (Phi) is 6.04. The van der Waals surface area contributed by atoms with Crippen LogP contribution in [0, 0.1) is 6.92 Å². The second-order valence-corrected chi connectivity index (χ2v) is 5.34. The zero-order valence-electron chi connectivity index (χ0n) is 12.4. The van der Waals surface area contributed by atoms with E-state index in [1.807, 2.05) is 67.6 Å². The number of rotatable bonds is 5. The third-order valence-electron chi connectivity index (χ3n) is 2.95. The van der Waals surface area contributed by atoms with Gasteiger partial charge >= 0.3 is 6.09 Å². The minimum atomic E-state index is -0.434. The SMILES string of the molecule is Cc1cc(Cl)cc(C=CCNC(=O)OCc2ccccc2)c1. The van der Waals surface area contributed by atoms with Gasteiger partial charge in [0.25, 0.3) is 0 Å². The first-order valence-electron chi connectivity index (χ1n) is 7.02. The number of ether oxygens (including phenoxy) is 1. The Hall–Kier alpha value is -2.26. The van der Waals surface area contributed by atoms with Crippen molar-refractivity contribution in [3.05, 3.63) is 76.3 Å². The van der Waals surface area contributed by atoms with Gasteiger partial charge in [-0.05, 0) is 35.7 Å². The largest absolute Gasteiger partial charge is 0.445 e. The molecule has 0 aliphatic carbocycles. The third-order valence-corrected chi connectivity index (χ3v) is 3.17. The highest BCUT2D eigenvalue weighted by Gasteiger charge is 2.00. The highest BCUT2D eigenvalue weighted by Crippen LogP contribution is 2.15. The van der Waals surface area contributed by atoms with Gasteiger partial charge in [-0.1, -0.05) is 60.2 Å². The molecule has 4 heteroatoms. The normalized spacial score (nSPS) is 10.6. The summed E-state index contributed by atoms with van der Waals surface area (Å²) in [5.74, 6) is 0. The molecule has 1 N–H and O–H groups in total. The Morgan fingerprint density at radius 3 is 2.73 bits per heavy atom. The van der Waals surface area contributed by atoms with Gasteiger partial charge in [0.15, 0.2) is 0 Å². The molecule has 0 saturated heterocycles. The molecule has 0 aromatic heterocycles. The maximum atomic E-state index is 11.5. The maximum Gasteiger partial charge on any atom is 0.407 e. The van der Waals surface area contributed by atoms with Crippen LogP contribution in [0.3, 0.4) is 0 Å². The van der Waals surface area contributed by atoms with Crippen molar-refractivity contribution in [2.75, 3.05) is 6.54 Å². The van der Waals surface area contributed by atoms with Crippen LogP contribution < -0.4 is 5.32 Å². The summed E-state index contributed by atoms with van der Waals surface area (Å²) >= 11 is 5.99. The molecular formula is C18H18ClNO2. The monoisotopic (exact) mass is 315 g/mol. The summed E-state index contributed by atoms with van der Waals surface area (Å²) in [6.45, 7) is 2.66. The number of alkyl carbamates (subject to hydrolysis) is 1. The Labute approximate surface area is 135 Å². The predicted octanol–water partition coefficient (Wildman–Crippen LogP) is 4.59. The lowest BCUT2D eigenvalue weighted by atomic mass is 10.1. The van der Waals surface area contributed by atoms with Crippen LogP contribution in [0.1, 0.15) is 16.7 Å². The summed E-state index contributed by atoms with van der Waals surface area (Å²) in [6, 6.07) is 15.4.